The molecule has 1 aliphatic rings. The predicted molar refractivity (Wildman–Crippen MR) is 40.8 cm³/mol. The third-order valence-electron chi connectivity index (χ3n) is 1.78. The molecule has 0 spiro atoms. The minimum atomic E-state index is -2.19. The Hall–Kier alpha value is -0.0900. The molecule has 0 amide bonds. The monoisotopic (exact) mass is 163 g/mol. The van der Waals surface area contributed by atoms with E-state index in [-0.39, 0.29) is 6.04 Å². The maximum Gasteiger partial charge on any atom is 0.141 e. The molecule has 0 radical (unpaired) electrons. The minimum absolute atomic E-state index is 0.231. The zero-order valence-corrected chi connectivity index (χ0v) is 6.77. The number of rotatable bonds is 2. The van der Waals surface area contributed by atoms with Crippen molar-refractivity contribution in [3.8, 4) is 0 Å². The van der Waals surface area contributed by atoms with Gasteiger partial charge in [-0.3, -0.25) is 0 Å². The van der Waals surface area contributed by atoms with Crippen LogP contribution in [0.15, 0.2) is 0 Å². The summed E-state index contributed by atoms with van der Waals surface area (Å²) in [6.07, 6.45) is 3.37. The van der Waals surface area contributed by atoms with E-state index in [9.17, 15) is 8.42 Å². The third-order valence-corrected chi connectivity index (χ3v) is 2.52. The zero-order valence-electron chi connectivity index (χ0n) is 5.88. The van der Waals surface area contributed by atoms with Crippen molar-refractivity contribution in [2.24, 2.45) is 0 Å². The van der Waals surface area contributed by atoms with E-state index in [2.05, 4.69) is 5.32 Å². The van der Waals surface area contributed by atoms with Crippen LogP contribution >= 0.6 is 0 Å². The second-order valence-electron chi connectivity index (χ2n) is 2.66. The van der Waals surface area contributed by atoms with Crippen molar-refractivity contribution < 1.29 is 8.42 Å². The lowest BCUT2D eigenvalue weighted by atomic mass is 10.1. The summed E-state index contributed by atoms with van der Waals surface area (Å²) in [6, 6.07) is 0.231. The van der Waals surface area contributed by atoms with Gasteiger partial charge < -0.3 is 5.32 Å². The highest BCUT2D eigenvalue weighted by molar-refractivity contribution is 7.72. The van der Waals surface area contributed by atoms with E-state index in [1.165, 1.54) is 12.8 Å². The van der Waals surface area contributed by atoms with Gasteiger partial charge in [0.1, 0.15) is 10.7 Å². The molecule has 1 atom stereocenters. The van der Waals surface area contributed by atoms with Crippen LogP contribution in [0.3, 0.4) is 0 Å². The van der Waals surface area contributed by atoms with Crippen LogP contribution in [0.2, 0.25) is 0 Å². The van der Waals surface area contributed by atoms with Crippen molar-refractivity contribution in [1.82, 2.24) is 5.32 Å². The van der Waals surface area contributed by atoms with E-state index < -0.39 is 10.7 Å². The maximum absolute atomic E-state index is 10.3. The Balaban J connectivity index is 2.26. The van der Waals surface area contributed by atoms with Crippen LogP contribution in [0.4, 0.5) is 0 Å². The van der Waals surface area contributed by atoms with Crippen LogP contribution in [0.25, 0.3) is 0 Å². The summed E-state index contributed by atoms with van der Waals surface area (Å²) < 4.78 is 20.5. The van der Waals surface area contributed by atoms with Crippen molar-refractivity contribution >= 4 is 10.7 Å². The van der Waals surface area contributed by atoms with E-state index in [1.807, 2.05) is 0 Å². The zero-order chi connectivity index (χ0) is 7.40. The highest BCUT2D eigenvalue weighted by Gasteiger charge is 2.12. The molecule has 1 N–H and O–H groups in total. The number of hydrogen-bond acceptors (Lipinski definition) is 3. The average molecular weight is 163 g/mol. The fraction of sp³-hybridized carbons (Fsp3) is 1.00. The fourth-order valence-corrected chi connectivity index (χ4v) is 1.93. The Morgan fingerprint density at radius 1 is 1.40 bits per heavy atom. The normalized spacial score (nSPS) is 27.1. The Morgan fingerprint density at radius 2 is 2.20 bits per heavy atom. The first kappa shape index (κ1) is 8.01. The minimum Gasteiger partial charge on any atom is -0.313 e. The Labute approximate surface area is 62.8 Å². The van der Waals surface area contributed by atoms with E-state index >= 15 is 0 Å². The van der Waals surface area contributed by atoms with Crippen LogP contribution in [0, 0.1) is 0 Å². The molecule has 1 heterocycles. The topological polar surface area (TPSA) is 46.2 Å². The lowest BCUT2D eigenvalue weighted by Crippen LogP contribution is -2.37. The number of nitrogens with one attached hydrogen (secondary N) is 1. The smallest absolute Gasteiger partial charge is 0.141 e. The van der Waals surface area contributed by atoms with Crippen molar-refractivity contribution in [1.29, 1.82) is 0 Å². The second-order valence-corrected chi connectivity index (χ2v) is 3.69. The van der Waals surface area contributed by atoms with Crippen molar-refractivity contribution in [3.63, 3.8) is 0 Å². The highest BCUT2D eigenvalue weighted by Crippen LogP contribution is 2.06. The molecule has 10 heavy (non-hydrogen) atoms. The molecule has 0 bridgehead atoms. The van der Waals surface area contributed by atoms with Gasteiger partial charge >= 0.3 is 0 Å². The molecule has 4 heteroatoms. The molecule has 0 aromatic carbocycles. The standard InChI is InChI=1S/C6H13NO2S/c8-10(9)5-6-3-1-2-4-7-6/h6-7,10H,1-5H2. The van der Waals surface area contributed by atoms with Gasteiger partial charge in [-0.15, -0.1) is 0 Å². The van der Waals surface area contributed by atoms with E-state index in [1.54, 1.807) is 0 Å². The van der Waals surface area contributed by atoms with Crippen molar-refractivity contribution in [3.05, 3.63) is 0 Å². The van der Waals surface area contributed by atoms with Gasteiger partial charge in [-0.25, -0.2) is 8.42 Å². The first-order valence-electron chi connectivity index (χ1n) is 3.64. The Morgan fingerprint density at radius 3 is 2.70 bits per heavy atom. The van der Waals surface area contributed by atoms with Gasteiger partial charge in [0.2, 0.25) is 0 Å². The largest absolute Gasteiger partial charge is 0.313 e. The van der Waals surface area contributed by atoms with Crippen molar-refractivity contribution in [2.75, 3.05) is 12.3 Å². The third kappa shape index (κ3) is 2.66. The van der Waals surface area contributed by atoms with E-state index in [0.717, 1.165) is 13.0 Å². The summed E-state index contributed by atoms with van der Waals surface area (Å²) in [5.41, 5.74) is 0. The lowest BCUT2D eigenvalue weighted by molar-refractivity contribution is 0.425. The summed E-state index contributed by atoms with van der Waals surface area (Å²) in [6.45, 7) is 0.980. The van der Waals surface area contributed by atoms with E-state index in [0.29, 0.717) is 5.75 Å². The lowest BCUT2D eigenvalue weighted by Gasteiger charge is -2.20. The van der Waals surface area contributed by atoms with Gasteiger partial charge in [-0.05, 0) is 19.4 Å². The van der Waals surface area contributed by atoms with Gasteiger partial charge in [0.05, 0.1) is 5.75 Å². The number of hydrogen-bond donors (Lipinski definition) is 2. The van der Waals surface area contributed by atoms with Gasteiger partial charge in [0.25, 0.3) is 0 Å². The average Bonchev–Trinajstić information content (AvgIpc) is 1.88. The Bertz CT molecular complexity index is 153. The predicted octanol–water partition coefficient (Wildman–Crippen LogP) is -0.260. The van der Waals surface area contributed by atoms with Crippen LogP contribution in [0.5, 0.6) is 0 Å². The molecule has 0 saturated carbocycles. The maximum atomic E-state index is 10.3. The SMILES string of the molecule is O=[SH](=O)CC1CCCCN1. The molecule has 0 aromatic rings. The molecular formula is C6H13NO2S. The molecule has 0 aliphatic carbocycles. The quantitative estimate of drug-likeness (QED) is 0.551. The van der Waals surface area contributed by atoms with E-state index in [4.69, 9.17) is 0 Å². The highest BCUT2D eigenvalue weighted by atomic mass is 32.2. The second kappa shape index (κ2) is 3.93. The number of thiol groups is 1. The molecule has 3 nitrogen and oxygen atoms in total. The molecule has 60 valence electrons. The van der Waals surface area contributed by atoms with Gasteiger partial charge in [-0.1, -0.05) is 6.42 Å². The molecule has 1 rings (SSSR count). The first-order valence-corrected chi connectivity index (χ1v) is 5.00. The Kier molecular flexibility index (Phi) is 3.15. The molecular weight excluding hydrogens is 150 g/mol. The molecule has 1 saturated heterocycles. The van der Waals surface area contributed by atoms with Crippen LogP contribution in [-0.2, 0) is 10.7 Å². The molecule has 0 aromatic heterocycles. The molecule has 1 fully saturated rings. The summed E-state index contributed by atoms with van der Waals surface area (Å²) >= 11 is 0. The van der Waals surface area contributed by atoms with Crippen LogP contribution < -0.4 is 5.32 Å². The van der Waals surface area contributed by atoms with Gasteiger partial charge in [0, 0.05) is 6.04 Å². The first-order chi connectivity index (χ1) is 4.79. The summed E-state index contributed by atoms with van der Waals surface area (Å²) in [5.74, 6) is 0.315. The molecule has 1 aliphatic heterocycles. The fourth-order valence-electron chi connectivity index (χ4n) is 1.26. The van der Waals surface area contributed by atoms with Gasteiger partial charge in [0.15, 0.2) is 0 Å². The summed E-state index contributed by atoms with van der Waals surface area (Å²) in [5, 5.41) is 3.17. The summed E-state index contributed by atoms with van der Waals surface area (Å²) in [4.78, 5) is 0. The van der Waals surface area contributed by atoms with Crippen LogP contribution in [-0.4, -0.2) is 26.8 Å². The number of piperidine rings is 1. The van der Waals surface area contributed by atoms with Crippen molar-refractivity contribution in [2.45, 2.75) is 25.3 Å². The molecule has 1 unspecified atom stereocenters. The van der Waals surface area contributed by atoms with Gasteiger partial charge in [-0.2, -0.15) is 0 Å². The summed E-state index contributed by atoms with van der Waals surface area (Å²) in [7, 11) is -2.19. The van der Waals surface area contributed by atoms with Crippen LogP contribution in [0.1, 0.15) is 19.3 Å².